The van der Waals surface area contributed by atoms with Crippen molar-refractivity contribution < 1.29 is 19.1 Å². The summed E-state index contributed by atoms with van der Waals surface area (Å²) >= 11 is 5.84. The number of anilines is 2. The monoisotopic (exact) mass is 478 g/mol. The summed E-state index contributed by atoms with van der Waals surface area (Å²) in [5.74, 6) is -1.73. The number of benzene rings is 3. The topological polar surface area (TPSA) is 109 Å². The van der Waals surface area contributed by atoms with E-state index >= 15 is 0 Å². The lowest BCUT2D eigenvalue weighted by Gasteiger charge is -2.10. The third-order valence-corrected chi connectivity index (χ3v) is 4.95. The van der Waals surface area contributed by atoms with Gasteiger partial charge in [0.25, 0.3) is 5.91 Å². The lowest BCUT2D eigenvalue weighted by Crippen LogP contribution is -2.32. The molecular weight excluding hydrogens is 456 g/mol. The van der Waals surface area contributed by atoms with Crippen molar-refractivity contribution in [1.82, 2.24) is 5.43 Å². The molecule has 0 atom stereocenters. The summed E-state index contributed by atoms with van der Waals surface area (Å²) in [7, 11) is 0. The molecule has 34 heavy (non-hydrogen) atoms. The van der Waals surface area contributed by atoms with Crippen molar-refractivity contribution in [3.05, 3.63) is 88.4 Å². The average molecular weight is 479 g/mol. The van der Waals surface area contributed by atoms with Gasteiger partial charge in [-0.05, 0) is 61.4 Å². The number of ether oxygens (including phenoxy) is 1. The number of hydrogen-bond acceptors (Lipinski definition) is 5. The average Bonchev–Trinajstić information content (AvgIpc) is 2.82. The maximum Gasteiger partial charge on any atom is 0.329 e. The Morgan fingerprint density at radius 3 is 2.26 bits per heavy atom. The van der Waals surface area contributed by atoms with Crippen molar-refractivity contribution in [3.63, 3.8) is 0 Å². The van der Waals surface area contributed by atoms with Crippen LogP contribution in [-0.4, -0.2) is 30.5 Å². The van der Waals surface area contributed by atoms with E-state index < -0.39 is 11.8 Å². The smallest absolute Gasteiger partial charge is 0.329 e. The minimum absolute atomic E-state index is 0.238. The van der Waals surface area contributed by atoms with Crippen molar-refractivity contribution in [2.24, 2.45) is 5.10 Å². The lowest BCUT2D eigenvalue weighted by atomic mass is 10.1. The lowest BCUT2D eigenvalue weighted by molar-refractivity contribution is -0.136. The second kappa shape index (κ2) is 11.6. The van der Waals surface area contributed by atoms with Crippen molar-refractivity contribution in [1.29, 1.82) is 0 Å². The van der Waals surface area contributed by atoms with Crippen LogP contribution in [0.25, 0.3) is 0 Å². The van der Waals surface area contributed by atoms with E-state index in [4.69, 9.17) is 16.3 Å². The number of para-hydroxylation sites is 2. The van der Waals surface area contributed by atoms with Gasteiger partial charge in [-0.15, -0.1) is 0 Å². The molecule has 8 nitrogen and oxygen atoms in total. The Morgan fingerprint density at radius 2 is 1.56 bits per heavy atom. The molecule has 0 aromatic heterocycles. The van der Waals surface area contributed by atoms with Crippen molar-refractivity contribution in [2.75, 3.05) is 17.2 Å². The van der Waals surface area contributed by atoms with E-state index in [2.05, 4.69) is 21.2 Å². The van der Waals surface area contributed by atoms with Crippen LogP contribution >= 0.6 is 11.6 Å². The summed E-state index contributed by atoms with van der Waals surface area (Å²) in [5.41, 5.74) is 5.57. The quantitative estimate of drug-likeness (QED) is 0.270. The highest BCUT2D eigenvalue weighted by Crippen LogP contribution is 2.19. The van der Waals surface area contributed by atoms with E-state index in [9.17, 15) is 14.4 Å². The van der Waals surface area contributed by atoms with Gasteiger partial charge in [-0.2, -0.15) is 5.10 Å². The van der Waals surface area contributed by atoms with Gasteiger partial charge in [-0.3, -0.25) is 14.4 Å². The van der Waals surface area contributed by atoms with Gasteiger partial charge in [0.05, 0.1) is 6.21 Å². The summed E-state index contributed by atoms with van der Waals surface area (Å²) in [4.78, 5) is 36.5. The highest BCUT2D eigenvalue weighted by atomic mass is 35.5. The molecule has 0 saturated carbocycles. The van der Waals surface area contributed by atoms with E-state index in [0.717, 1.165) is 11.1 Å². The highest BCUT2D eigenvalue weighted by molar-refractivity contribution is 6.39. The minimum Gasteiger partial charge on any atom is -0.483 e. The molecule has 0 radical (unpaired) electrons. The number of carbonyl (C=O) groups excluding carboxylic acids is 3. The molecule has 0 heterocycles. The van der Waals surface area contributed by atoms with Gasteiger partial charge in [0.1, 0.15) is 5.75 Å². The Balaban J connectivity index is 1.55. The Bertz CT molecular complexity index is 1210. The van der Waals surface area contributed by atoms with Gasteiger partial charge in [0.2, 0.25) is 0 Å². The van der Waals surface area contributed by atoms with E-state index in [1.165, 1.54) is 6.21 Å². The first kappa shape index (κ1) is 24.5. The third-order valence-electron chi connectivity index (χ3n) is 4.70. The standard InChI is InChI=1S/C25H23ClN4O4/c1-16-6-5-7-17(2)23(16)29-24(32)25(33)30-27-14-18-8-3-4-9-21(18)34-15-22(31)28-20-12-10-19(26)11-13-20/h3-14H,15H2,1-2H3,(H,28,31)(H,29,32)(H,30,33)/b27-14-. The Hall–Kier alpha value is -4.17. The number of carbonyl (C=O) groups is 3. The van der Waals surface area contributed by atoms with Gasteiger partial charge < -0.3 is 15.4 Å². The number of halogens is 1. The zero-order chi connectivity index (χ0) is 24.5. The van der Waals surface area contributed by atoms with Crippen molar-refractivity contribution in [2.45, 2.75) is 13.8 Å². The Morgan fingerprint density at radius 1 is 0.882 bits per heavy atom. The zero-order valence-electron chi connectivity index (χ0n) is 18.6. The number of rotatable bonds is 7. The van der Waals surface area contributed by atoms with Crippen LogP contribution in [-0.2, 0) is 14.4 Å². The molecule has 3 N–H and O–H groups in total. The van der Waals surface area contributed by atoms with Crippen LogP contribution in [0.1, 0.15) is 16.7 Å². The molecule has 0 aliphatic rings. The molecule has 0 saturated heterocycles. The Kier molecular flexibility index (Phi) is 8.37. The molecule has 3 amide bonds. The summed E-state index contributed by atoms with van der Waals surface area (Å²) in [6, 6.07) is 19.1. The fourth-order valence-corrected chi connectivity index (χ4v) is 3.11. The first-order valence-corrected chi connectivity index (χ1v) is 10.7. The van der Waals surface area contributed by atoms with Gasteiger partial charge in [0.15, 0.2) is 6.61 Å². The van der Waals surface area contributed by atoms with Crippen LogP contribution in [0.3, 0.4) is 0 Å². The molecule has 0 unspecified atom stereocenters. The maximum atomic E-state index is 12.2. The SMILES string of the molecule is Cc1cccc(C)c1NC(=O)C(=O)N/N=C\c1ccccc1OCC(=O)Nc1ccc(Cl)cc1. The minimum atomic E-state index is -0.917. The van der Waals surface area contributed by atoms with E-state index in [0.29, 0.717) is 27.7 Å². The van der Waals surface area contributed by atoms with Crippen LogP contribution in [0, 0.1) is 13.8 Å². The third kappa shape index (κ3) is 6.91. The van der Waals surface area contributed by atoms with E-state index in [1.807, 2.05) is 32.0 Å². The highest BCUT2D eigenvalue weighted by Gasteiger charge is 2.15. The number of hydrogen-bond donors (Lipinski definition) is 3. The maximum absolute atomic E-state index is 12.2. The molecule has 0 fully saturated rings. The van der Waals surface area contributed by atoms with Crippen LogP contribution in [0.4, 0.5) is 11.4 Å². The van der Waals surface area contributed by atoms with Crippen LogP contribution in [0.15, 0.2) is 71.8 Å². The molecule has 0 aliphatic carbocycles. The molecule has 0 spiro atoms. The molecule has 3 rings (SSSR count). The van der Waals surface area contributed by atoms with Crippen molar-refractivity contribution >= 4 is 46.9 Å². The first-order valence-electron chi connectivity index (χ1n) is 10.3. The van der Waals surface area contributed by atoms with Gasteiger partial charge in [0, 0.05) is 22.0 Å². The van der Waals surface area contributed by atoms with E-state index in [-0.39, 0.29) is 12.5 Å². The second-order valence-corrected chi connectivity index (χ2v) is 7.74. The second-order valence-electron chi connectivity index (χ2n) is 7.30. The predicted octanol–water partition coefficient (Wildman–Crippen LogP) is 4.06. The number of nitrogens with zero attached hydrogens (tertiary/aromatic N) is 1. The molecule has 3 aromatic rings. The van der Waals surface area contributed by atoms with Gasteiger partial charge in [-0.1, -0.05) is 41.9 Å². The number of amides is 3. The largest absolute Gasteiger partial charge is 0.483 e. The fraction of sp³-hybridized carbons (Fsp3) is 0.120. The zero-order valence-corrected chi connectivity index (χ0v) is 19.3. The predicted molar refractivity (Wildman–Crippen MR) is 132 cm³/mol. The molecule has 0 aliphatic heterocycles. The van der Waals surface area contributed by atoms with Crippen LogP contribution < -0.4 is 20.8 Å². The van der Waals surface area contributed by atoms with E-state index in [1.54, 1.807) is 48.5 Å². The molecule has 0 bridgehead atoms. The van der Waals surface area contributed by atoms with Gasteiger partial charge in [-0.25, -0.2) is 5.43 Å². The first-order chi connectivity index (χ1) is 16.3. The fourth-order valence-electron chi connectivity index (χ4n) is 2.99. The summed E-state index contributed by atoms with van der Waals surface area (Å²) in [6.45, 7) is 3.44. The summed E-state index contributed by atoms with van der Waals surface area (Å²) in [5, 5.41) is 9.69. The molecular formula is C25H23ClN4O4. The summed E-state index contributed by atoms with van der Waals surface area (Å²) < 4.78 is 5.58. The normalized spacial score (nSPS) is 10.6. The van der Waals surface area contributed by atoms with Crippen LogP contribution in [0.5, 0.6) is 5.75 Å². The number of nitrogens with one attached hydrogen (secondary N) is 3. The van der Waals surface area contributed by atoms with Crippen molar-refractivity contribution in [3.8, 4) is 5.75 Å². The number of hydrazone groups is 1. The Labute approximate surface area is 202 Å². The summed E-state index contributed by atoms with van der Waals surface area (Å²) in [6.07, 6.45) is 1.33. The molecule has 9 heteroatoms. The van der Waals surface area contributed by atoms with Crippen LogP contribution in [0.2, 0.25) is 5.02 Å². The van der Waals surface area contributed by atoms with Gasteiger partial charge >= 0.3 is 11.8 Å². The number of aryl methyl sites for hydroxylation is 2. The molecule has 174 valence electrons. The molecule has 3 aromatic carbocycles.